The summed E-state index contributed by atoms with van der Waals surface area (Å²) in [6.45, 7) is 9.33. The smallest absolute Gasteiger partial charge is 0.332 e. The lowest BCUT2D eigenvalue weighted by Crippen LogP contribution is -2.67. The predicted molar refractivity (Wildman–Crippen MR) is 498 cm³/mol. The Morgan fingerprint density at radius 3 is 1.08 bits per heavy atom. The van der Waals surface area contributed by atoms with Gasteiger partial charge in [0, 0.05) is 24.7 Å². The molecule has 0 bridgehead atoms. The SMILES string of the molecule is CCC1CC(C(=O)CCCCCCN)C[C@@H](O[C@@H]2O[C@@H](CO)[C@H](O)C(O[C@@H](CC3CCCCC3)C(=O)O)C2NC(=O)Cn2cc(COCCOCCOCCOCCOCCOCCOCCOCc3cn(CC(=O)NC4C(O[C@@H](CC5CCCCC5)C(=O)O)[C@@H](O)[C@H](CO)O[C@H]4O[C@@H]4CC(C(=O)CCCCCCN)CC(CC)[C@H]4O[C@@H]4OC(C)[C@@H](O)[C@H](O)C4O)nn3)nn2)[C@@H]1O[C@@H]1OC(C)[C@@H](O)[C@H](O)C1O. The van der Waals surface area contributed by atoms with Gasteiger partial charge in [-0.25, -0.2) is 19.0 Å². The second-order valence-corrected chi connectivity index (χ2v) is 39.0. The minimum atomic E-state index is -1.70. The van der Waals surface area contributed by atoms with Crippen LogP contribution in [0.4, 0.5) is 0 Å². The van der Waals surface area contributed by atoms with Gasteiger partial charge in [0.05, 0.1) is 168 Å². The molecule has 2 aromatic rings. The average molecular weight is 2030 g/mol. The van der Waals surface area contributed by atoms with E-state index in [9.17, 15) is 90.0 Å². The van der Waals surface area contributed by atoms with Crippen LogP contribution in [0.15, 0.2) is 12.4 Å². The van der Waals surface area contributed by atoms with Crippen LogP contribution in [0.5, 0.6) is 0 Å². The minimum Gasteiger partial charge on any atom is -0.479 e. The van der Waals surface area contributed by atoms with Gasteiger partial charge < -0.3 is 169 Å². The summed E-state index contributed by atoms with van der Waals surface area (Å²) in [6, 6.07) is -2.95. The van der Waals surface area contributed by atoms with Crippen LogP contribution < -0.4 is 22.1 Å². The average Bonchev–Trinajstić information content (AvgIpc) is 0.880. The number of carboxylic acids is 2. The number of aromatic nitrogens is 6. The molecule has 46 heteroatoms. The summed E-state index contributed by atoms with van der Waals surface area (Å²) in [4.78, 5) is 83.2. The zero-order valence-corrected chi connectivity index (χ0v) is 83.0. The highest BCUT2D eigenvalue weighted by atomic mass is 16.8. The molecule has 6 heterocycles. The van der Waals surface area contributed by atoms with Gasteiger partial charge in [0.25, 0.3) is 0 Å². The lowest BCUT2D eigenvalue weighted by atomic mass is 9.74. The molecular formula is C96H164N10O36. The first-order valence-electron chi connectivity index (χ1n) is 51.7. The number of unbranched alkanes of at least 4 members (excludes halogenated alkanes) is 6. The predicted octanol–water partition coefficient (Wildman–Crippen LogP) is 0.471. The van der Waals surface area contributed by atoms with Crippen LogP contribution in [-0.2, 0) is 140 Å². The molecule has 12 unspecified atom stereocenters. The van der Waals surface area contributed by atoms with Gasteiger partial charge in [-0.3, -0.25) is 19.2 Å². The molecule has 4 saturated carbocycles. The number of carbonyl (C=O) groups is 6. The van der Waals surface area contributed by atoms with Gasteiger partial charge in [-0.05, 0) is 115 Å². The van der Waals surface area contributed by atoms with E-state index in [0.29, 0.717) is 116 Å². The number of carboxylic acid groups (broad SMARTS) is 2. The Bertz CT molecular complexity index is 3660. The number of ketones is 2. The number of rotatable bonds is 67. The number of aliphatic hydroxyl groups excluding tert-OH is 10. The number of nitrogens with two attached hydrogens (primary N) is 2. The number of ether oxygens (including phenoxy) is 18. The van der Waals surface area contributed by atoms with E-state index >= 15 is 0 Å². The van der Waals surface area contributed by atoms with Crippen molar-refractivity contribution < 1.29 is 175 Å². The maximum Gasteiger partial charge on any atom is 0.332 e. The Morgan fingerprint density at radius 1 is 0.415 bits per heavy atom. The van der Waals surface area contributed by atoms with Gasteiger partial charge in [-0.1, -0.05) is 127 Å². The first kappa shape index (κ1) is 118. The van der Waals surface area contributed by atoms with Crippen molar-refractivity contribution in [3.05, 3.63) is 23.8 Å². The monoisotopic (exact) mass is 2030 g/mol. The molecule has 30 atom stereocenters. The summed E-state index contributed by atoms with van der Waals surface area (Å²) in [6.07, 6.45) is -13.5. The van der Waals surface area contributed by atoms with Gasteiger partial charge in [-0.15, -0.1) is 10.2 Å². The van der Waals surface area contributed by atoms with Crippen molar-refractivity contribution in [3.63, 3.8) is 0 Å². The highest BCUT2D eigenvalue weighted by molar-refractivity contribution is 5.82. The second-order valence-electron chi connectivity index (χ2n) is 39.0. The van der Waals surface area contributed by atoms with Crippen LogP contribution in [0.25, 0.3) is 0 Å². The number of carbonyl (C=O) groups excluding carboxylic acids is 4. The molecule has 4 aliphatic carbocycles. The Hall–Kier alpha value is -5.70. The molecule has 46 nitrogen and oxygen atoms in total. The van der Waals surface area contributed by atoms with Crippen molar-refractivity contribution >= 4 is 35.3 Å². The highest BCUT2D eigenvalue weighted by Crippen LogP contribution is 2.44. The van der Waals surface area contributed by atoms with Crippen LogP contribution in [0.2, 0.25) is 0 Å². The summed E-state index contributed by atoms with van der Waals surface area (Å²) in [5.41, 5.74) is 12.2. The van der Waals surface area contributed by atoms with Gasteiger partial charge in [0.1, 0.15) is 121 Å². The number of hydrogen-bond acceptors (Lipinski definition) is 40. The fraction of sp³-hybridized carbons (Fsp3) is 0.896. The molecule has 10 rings (SSSR count). The molecule has 4 aliphatic heterocycles. The lowest BCUT2D eigenvalue weighted by Gasteiger charge is -2.49. The van der Waals surface area contributed by atoms with Crippen LogP contribution in [0.3, 0.4) is 0 Å². The minimum absolute atomic E-state index is 0.000255. The fourth-order valence-electron chi connectivity index (χ4n) is 20.3. The summed E-state index contributed by atoms with van der Waals surface area (Å²) in [5, 5.41) is 154. The molecule has 18 N–H and O–H groups in total. The zero-order chi connectivity index (χ0) is 102. The van der Waals surface area contributed by atoms with Crippen LogP contribution in [0.1, 0.15) is 219 Å². The topological polar surface area (TPSA) is 649 Å². The van der Waals surface area contributed by atoms with Crippen molar-refractivity contribution in [1.29, 1.82) is 0 Å². The maximum absolute atomic E-state index is 14.4. The molecule has 814 valence electrons. The second kappa shape index (κ2) is 63.3. The molecule has 0 aromatic carbocycles. The van der Waals surface area contributed by atoms with E-state index in [-0.39, 0.29) is 115 Å². The Balaban J connectivity index is 0.607. The maximum atomic E-state index is 14.4. The molecule has 0 spiro atoms. The third-order valence-electron chi connectivity index (χ3n) is 28.4. The molecule has 0 radical (unpaired) electrons. The number of Topliss-reactive ketones (excluding diaryl/α,β-unsaturated/α-hetero) is 2. The summed E-state index contributed by atoms with van der Waals surface area (Å²) in [5.74, 6) is -5.99. The first-order valence-corrected chi connectivity index (χ1v) is 51.7. The number of aliphatic hydroxyl groups is 10. The fourth-order valence-corrected chi connectivity index (χ4v) is 20.3. The van der Waals surface area contributed by atoms with Gasteiger partial charge >= 0.3 is 11.9 Å². The zero-order valence-electron chi connectivity index (χ0n) is 83.0. The molecular weight excluding hydrogens is 1870 g/mol. The van der Waals surface area contributed by atoms with Gasteiger partial charge in [-0.2, -0.15) is 0 Å². The van der Waals surface area contributed by atoms with Crippen LogP contribution in [-0.4, -0.2) is 405 Å². The number of aliphatic carboxylic acids is 2. The van der Waals surface area contributed by atoms with E-state index in [1.165, 1.54) is 35.6 Å². The van der Waals surface area contributed by atoms with Gasteiger partial charge in [0.2, 0.25) is 11.8 Å². The molecule has 142 heavy (non-hydrogen) atoms. The van der Waals surface area contributed by atoms with Crippen LogP contribution >= 0.6 is 0 Å². The Morgan fingerprint density at radius 2 is 0.754 bits per heavy atom. The first-order chi connectivity index (χ1) is 68.6. The Labute approximate surface area is 830 Å². The van der Waals surface area contributed by atoms with Crippen molar-refractivity contribution in [3.8, 4) is 0 Å². The van der Waals surface area contributed by atoms with Gasteiger partial charge in [0.15, 0.2) is 37.4 Å². The summed E-state index contributed by atoms with van der Waals surface area (Å²) >= 11 is 0. The number of hydrogen-bond donors (Lipinski definition) is 16. The molecule has 4 saturated heterocycles. The van der Waals surface area contributed by atoms with E-state index in [4.69, 9.17) is 96.7 Å². The Kier molecular flexibility index (Phi) is 52.7. The summed E-state index contributed by atoms with van der Waals surface area (Å²) < 4.78 is 112. The molecule has 8 aliphatic rings. The number of nitrogens with one attached hydrogen (secondary N) is 2. The lowest BCUT2D eigenvalue weighted by molar-refractivity contribution is -0.338. The van der Waals surface area contributed by atoms with Crippen molar-refractivity contribution in [2.24, 2.45) is 47.0 Å². The normalized spacial score (nSPS) is 32.3. The van der Waals surface area contributed by atoms with E-state index < -0.39 is 233 Å². The van der Waals surface area contributed by atoms with E-state index in [1.807, 2.05) is 13.8 Å². The van der Waals surface area contributed by atoms with Crippen molar-refractivity contribution in [2.75, 3.05) is 119 Å². The van der Waals surface area contributed by atoms with E-state index in [1.54, 1.807) is 0 Å². The number of nitrogens with zero attached hydrogens (tertiary/aromatic N) is 6. The highest BCUT2D eigenvalue weighted by Gasteiger charge is 2.57. The van der Waals surface area contributed by atoms with E-state index in [2.05, 4.69) is 31.3 Å². The third kappa shape index (κ3) is 37.2. The van der Waals surface area contributed by atoms with Crippen LogP contribution in [0, 0.1) is 35.5 Å². The standard InChI is InChI=1S/C96H164N10O36/c1-5-61-45-63(67(109)25-17-7-9-19-27-97)47-69(87(61)141-95-85(119)83(117)79(113)57(3)133-95)137-93-77(89(81(115)73(53-107)139-93)135-71(91(121)122)43-59-21-13-11-14-22-59)99-75(111)51-105-49-65(101-103-105)55-131-41-39-129-37-35-127-33-31-125-29-30-126-32-34-128-36-38-130-40-42-132-56-66-50-106(104-102-66)52-76(112)100-78-90(136-72(92(123)124)44-60-23-15-12-16-24-60)82(116)74(54-108)140-94(78)138-70-48-64(68(110)26-18-8-10-20-28-98)46-62(6-2)88(70)142-96-86(120)84(118)80(114)58(4)134-96/h49-50,57-64,69-74,77-90,93-96,107-108,113-120H,5-48,51-56,97-98H2,1-4H3,(H,99,111)(H,100,112)(H,121,122)(H,123,124)/t57?,58?,61?,62?,63?,64?,69-,70-,71+,72+,73+,74+,77?,78?,79-,80-,81+,82+,83+,84+,85?,86?,87-,88-,89?,90?,93-,94-,95+,96+/m1/s1. The van der Waals surface area contributed by atoms with E-state index in [0.717, 1.165) is 103 Å². The quantitative estimate of drug-likeness (QED) is 0.0400. The molecule has 2 amide bonds. The third-order valence-corrected chi connectivity index (χ3v) is 28.4. The molecule has 2 aromatic heterocycles. The largest absolute Gasteiger partial charge is 0.479 e. The number of amides is 2. The molecule has 8 fully saturated rings. The van der Waals surface area contributed by atoms with Crippen molar-refractivity contribution in [2.45, 2.75) is 393 Å². The van der Waals surface area contributed by atoms with Crippen molar-refractivity contribution in [1.82, 2.24) is 40.6 Å². The summed E-state index contributed by atoms with van der Waals surface area (Å²) in [7, 11) is 0.